The molecule has 0 N–H and O–H groups in total. The van der Waals surface area contributed by atoms with Crippen molar-refractivity contribution in [3.8, 4) is 33.6 Å². The third-order valence-electron chi connectivity index (χ3n) is 13.4. The summed E-state index contributed by atoms with van der Waals surface area (Å²) in [5.41, 5.74) is 11.1. The van der Waals surface area contributed by atoms with Gasteiger partial charge < -0.3 is 0 Å². The molecule has 1 heterocycles. The van der Waals surface area contributed by atoms with Crippen LogP contribution in [0.1, 0.15) is 11.1 Å². The van der Waals surface area contributed by atoms with Crippen LogP contribution in [0.5, 0.6) is 0 Å². The van der Waals surface area contributed by atoms with Gasteiger partial charge in [-0.1, -0.05) is 158 Å². The van der Waals surface area contributed by atoms with Gasteiger partial charge in [0.2, 0.25) is 0 Å². The molecular weight excluding hydrogens is 713 g/mol. The molecule has 1 aliphatic rings. The summed E-state index contributed by atoms with van der Waals surface area (Å²) in [6.07, 6.45) is 0.866. The van der Waals surface area contributed by atoms with Gasteiger partial charge in [-0.05, 0) is 134 Å². The van der Waals surface area contributed by atoms with E-state index in [9.17, 15) is 0 Å². The van der Waals surface area contributed by atoms with Gasteiger partial charge in [-0.15, -0.1) is 0 Å². The Morgan fingerprint density at radius 3 is 1.63 bits per heavy atom. The summed E-state index contributed by atoms with van der Waals surface area (Å²) in [7, 11) is 0. The molecule has 0 spiro atoms. The Kier molecular flexibility index (Phi) is 6.10. The molecule has 59 heavy (non-hydrogen) atoms. The number of nitrogens with zero attached hydrogens (tertiary/aromatic N) is 2. The lowest BCUT2D eigenvalue weighted by atomic mass is 9.81. The summed E-state index contributed by atoms with van der Waals surface area (Å²) in [5, 5.41) is 20.3. The van der Waals surface area contributed by atoms with Crippen molar-refractivity contribution in [3.05, 3.63) is 193 Å². The van der Waals surface area contributed by atoms with Gasteiger partial charge >= 0.3 is 0 Å². The van der Waals surface area contributed by atoms with E-state index >= 15 is 0 Å². The molecule has 0 saturated carbocycles. The maximum Gasteiger partial charge on any atom is 0.0979 e. The second-order valence-corrected chi connectivity index (χ2v) is 16.3. The van der Waals surface area contributed by atoms with E-state index in [0.29, 0.717) is 0 Å². The molecule has 13 aromatic rings. The number of fused-ring (bicyclic) bond motifs is 20. The van der Waals surface area contributed by atoms with E-state index < -0.39 is 0 Å². The number of rotatable bonds is 2. The highest BCUT2D eigenvalue weighted by atomic mass is 14.8. The molecular formula is C57H32N2. The van der Waals surface area contributed by atoms with Crippen molar-refractivity contribution < 1.29 is 0 Å². The number of hydrogen-bond acceptors (Lipinski definition) is 2. The normalized spacial score (nSPS) is 12.7. The van der Waals surface area contributed by atoms with Crippen molar-refractivity contribution in [2.45, 2.75) is 6.42 Å². The number of hydrogen-bond donors (Lipinski definition) is 0. The molecule has 0 atom stereocenters. The molecule has 0 saturated heterocycles. The average Bonchev–Trinajstić information content (AvgIpc) is 3.69. The minimum Gasteiger partial charge on any atom is -0.244 e. The lowest BCUT2D eigenvalue weighted by Gasteiger charge is -2.22. The lowest BCUT2D eigenvalue weighted by Crippen LogP contribution is -2.00. The third kappa shape index (κ3) is 4.15. The van der Waals surface area contributed by atoms with Crippen molar-refractivity contribution in [3.63, 3.8) is 0 Å². The highest BCUT2D eigenvalue weighted by Crippen LogP contribution is 2.52. The molecule has 1 aliphatic carbocycles. The van der Waals surface area contributed by atoms with Crippen molar-refractivity contribution in [2.24, 2.45) is 0 Å². The first-order valence-electron chi connectivity index (χ1n) is 20.5. The van der Waals surface area contributed by atoms with Crippen LogP contribution in [0.2, 0.25) is 0 Å². The second-order valence-electron chi connectivity index (χ2n) is 16.3. The fraction of sp³-hybridized carbons (Fsp3) is 0.0175. The Labute approximate surface area is 339 Å². The molecule has 12 aromatic carbocycles. The van der Waals surface area contributed by atoms with E-state index in [1.54, 1.807) is 0 Å². The SMILES string of the molecule is c1ccc2c(c1)Cc1c-2cccc1-c1nc2ccccc2nc1-c1cc2c3ccccc3ccc2c2c1c1ccccc1c1c3cc4c(cccc4c12)c1ccccc13. The Balaban J connectivity index is 1.25. The molecule has 0 unspecified atom stereocenters. The van der Waals surface area contributed by atoms with Crippen LogP contribution in [-0.4, -0.2) is 9.97 Å². The fourth-order valence-electron chi connectivity index (χ4n) is 10.9. The maximum atomic E-state index is 5.69. The molecule has 0 amide bonds. The van der Waals surface area contributed by atoms with Crippen molar-refractivity contribution in [1.82, 2.24) is 9.97 Å². The van der Waals surface area contributed by atoms with Gasteiger partial charge in [0, 0.05) is 16.5 Å². The van der Waals surface area contributed by atoms with Crippen LogP contribution in [0.4, 0.5) is 0 Å². The van der Waals surface area contributed by atoms with Crippen LogP contribution in [0.3, 0.4) is 0 Å². The zero-order chi connectivity index (χ0) is 38.3. The molecule has 0 fully saturated rings. The molecule has 0 aliphatic heterocycles. The zero-order valence-electron chi connectivity index (χ0n) is 31.9. The van der Waals surface area contributed by atoms with E-state index in [2.05, 4.69) is 182 Å². The first kappa shape index (κ1) is 31.4. The van der Waals surface area contributed by atoms with Gasteiger partial charge in [0.05, 0.1) is 22.4 Å². The largest absolute Gasteiger partial charge is 0.244 e. The van der Waals surface area contributed by atoms with Crippen LogP contribution >= 0.6 is 0 Å². The Hall–Kier alpha value is -7.68. The maximum absolute atomic E-state index is 5.69. The standard InChI is InChI=1S/C57H32N2/c1-3-15-34-32(13-1)27-28-43-46(34)31-49(57-56(58-50-25-9-10-26-51(50)59-57)44-24-12-21-36-35-16-4-2-14-33(35)29-45(36)44)53-41-20-8-7-19-40(41)52-48-30-47-38(37-17-5-6-18-39(37)48)22-11-23-42(47)54(52)55(43)53/h1-28,30-31H,29H2. The first-order valence-corrected chi connectivity index (χ1v) is 20.5. The predicted molar refractivity (Wildman–Crippen MR) is 250 cm³/mol. The van der Waals surface area contributed by atoms with Gasteiger partial charge in [-0.2, -0.15) is 0 Å². The molecule has 14 rings (SSSR count). The van der Waals surface area contributed by atoms with E-state index in [1.807, 2.05) is 0 Å². The van der Waals surface area contributed by atoms with Gasteiger partial charge in [0.25, 0.3) is 0 Å². The van der Waals surface area contributed by atoms with Crippen LogP contribution < -0.4 is 0 Å². The van der Waals surface area contributed by atoms with Crippen molar-refractivity contribution >= 4 is 97.2 Å². The monoisotopic (exact) mass is 744 g/mol. The van der Waals surface area contributed by atoms with E-state index in [1.165, 1.54) is 108 Å². The van der Waals surface area contributed by atoms with Crippen LogP contribution in [-0.2, 0) is 6.42 Å². The highest BCUT2D eigenvalue weighted by Gasteiger charge is 2.27. The average molecular weight is 745 g/mol. The molecule has 2 nitrogen and oxygen atoms in total. The lowest BCUT2D eigenvalue weighted by molar-refractivity contribution is 1.23. The quantitative estimate of drug-likeness (QED) is 0.165. The molecule has 1 aromatic heterocycles. The van der Waals surface area contributed by atoms with Crippen LogP contribution in [0.15, 0.2) is 182 Å². The Bertz CT molecular complexity index is 3990. The number of para-hydroxylation sites is 2. The van der Waals surface area contributed by atoms with Gasteiger partial charge in [-0.3, -0.25) is 0 Å². The molecule has 270 valence electrons. The zero-order valence-corrected chi connectivity index (χ0v) is 31.9. The van der Waals surface area contributed by atoms with Crippen LogP contribution in [0, 0.1) is 0 Å². The van der Waals surface area contributed by atoms with Gasteiger partial charge in [0.1, 0.15) is 0 Å². The minimum absolute atomic E-state index is 0.866. The van der Waals surface area contributed by atoms with E-state index in [0.717, 1.165) is 40.0 Å². The topological polar surface area (TPSA) is 25.8 Å². The first-order chi connectivity index (χ1) is 29.3. The molecule has 0 radical (unpaired) electrons. The van der Waals surface area contributed by atoms with E-state index in [-0.39, 0.29) is 0 Å². The third-order valence-corrected chi connectivity index (χ3v) is 13.4. The summed E-state index contributed by atoms with van der Waals surface area (Å²) in [5.74, 6) is 0. The smallest absolute Gasteiger partial charge is 0.0979 e. The molecule has 2 heteroatoms. The minimum atomic E-state index is 0.866. The van der Waals surface area contributed by atoms with Crippen molar-refractivity contribution in [2.75, 3.05) is 0 Å². The van der Waals surface area contributed by atoms with Gasteiger partial charge in [0.15, 0.2) is 0 Å². The Morgan fingerprint density at radius 1 is 0.288 bits per heavy atom. The van der Waals surface area contributed by atoms with E-state index in [4.69, 9.17) is 9.97 Å². The fourth-order valence-corrected chi connectivity index (χ4v) is 10.9. The highest BCUT2D eigenvalue weighted by molar-refractivity contribution is 6.45. The molecule has 2 bridgehead atoms. The second kappa shape index (κ2) is 11.5. The Morgan fingerprint density at radius 2 is 0.797 bits per heavy atom. The van der Waals surface area contributed by atoms with Gasteiger partial charge in [-0.25, -0.2) is 9.97 Å². The summed E-state index contributed by atoms with van der Waals surface area (Å²) in [6.45, 7) is 0. The number of benzene rings is 12. The van der Waals surface area contributed by atoms with Crippen molar-refractivity contribution in [1.29, 1.82) is 0 Å². The van der Waals surface area contributed by atoms with Crippen LogP contribution in [0.25, 0.3) is 131 Å². The summed E-state index contributed by atoms with van der Waals surface area (Å²) >= 11 is 0. The predicted octanol–water partition coefficient (Wildman–Crippen LogP) is 15.2. The summed E-state index contributed by atoms with van der Waals surface area (Å²) in [4.78, 5) is 11.3. The summed E-state index contributed by atoms with van der Waals surface area (Å²) < 4.78 is 0. The number of aromatic nitrogens is 2. The summed E-state index contributed by atoms with van der Waals surface area (Å²) in [6, 6.07) is 67.3.